The Balaban J connectivity index is 2.12. The molecule has 0 saturated heterocycles. The van der Waals surface area contributed by atoms with Gasteiger partial charge in [0.2, 0.25) is 0 Å². The van der Waals surface area contributed by atoms with Crippen molar-refractivity contribution >= 4 is 27.3 Å². The molecule has 0 bridgehead atoms. The number of nitrogens with zero attached hydrogens (tertiary/aromatic N) is 1. The van der Waals surface area contributed by atoms with Crippen LogP contribution in [0.15, 0.2) is 15.9 Å². The first-order valence-electron chi connectivity index (χ1n) is 5.96. The van der Waals surface area contributed by atoms with Crippen molar-refractivity contribution in [3.63, 3.8) is 0 Å². The number of halogens is 1. The van der Waals surface area contributed by atoms with Crippen molar-refractivity contribution in [1.82, 2.24) is 4.90 Å². The van der Waals surface area contributed by atoms with Gasteiger partial charge in [0.05, 0.1) is 6.04 Å². The first-order valence-corrected chi connectivity index (χ1v) is 7.63. The highest BCUT2D eigenvalue weighted by Gasteiger charge is 2.33. The Kier molecular flexibility index (Phi) is 4.41. The van der Waals surface area contributed by atoms with Crippen molar-refractivity contribution in [2.45, 2.75) is 38.3 Å². The fourth-order valence-electron chi connectivity index (χ4n) is 2.18. The predicted molar refractivity (Wildman–Crippen MR) is 73.8 cm³/mol. The molecule has 1 unspecified atom stereocenters. The van der Waals surface area contributed by atoms with E-state index >= 15 is 0 Å². The lowest BCUT2D eigenvalue weighted by Gasteiger charge is -2.30. The number of rotatable bonds is 6. The molecule has 1 aromatic rings. The maximum Gasteiger partial charge on any atom is 0.0567 e. The van der Waals surface area contributed by atoms with E-state index in [1.54, 1.807) is 0 Å². The third-order valence-electron chi connectivity index (χ3n) is 3.04. The van der Waals surface area contributed by atoms with Crippen LogP contribution in [-0.4, -0.2) is 24.0 Å². The first kappa shape index (κ1) is 12.6. The minimum Gasteiger partial charge on any atom is -0.329 e. The fraction of sp³-hybridized carbons (Fsp3) is 0.667. The number of nitrogens with two attached hydrogens (primary N) is 1. The average molecular weight is 303 g/mol. The van der Waals surface area contributed by atoms with Crippen molar-refractivity contribution in [2.24, 2.45) is 5.73 Å². The van der Waals surface area contributed by atoms with E-state index in [4.69, 9.17) is 5.73 Å². The normalized spacial score (nSPS) is 18.0. The summed E-state index contributed by atoms with van der Waals surface area (Å²) in [5, 5.41) is 2.15. The summed E-state index contributed by atoms with van der Waals surface area (Å²) >= 11 is 5.33. The van der Waals surface area contributed by atoms with Gasteiger partial charge in [-0.2, -0.15) is 0 Å². The van der Waals surface area contributed by atoms with Crippen molar-refractivity contribution in [2.75, 3.05) is 13.1 Å². The van der Waals surface area contributed by atoms with Crippen molar-refractivity contribution in [1.29, 1.82) is 0 Å². The van der Waals surface area contributed by atoms with Crippen molar-refractivity contribution in [3.8, 4) is 0 Å². The Bertz CT molecular complexity index is 336. The van der Waals surface area contributed by atoms with E-state index in [0.717, 1.165) is 12.6 Å². The van der Waals surface area contributed by atoms with Crippen LogP contribution in [0, 0.1) is 0 Å². The van der Waals surface area contributed by atoms with Gasteiger partial charge in [-0.3, -0.25) is 4.90 Å². The van der Waals surface area contributed by atoms with Crippen LogP contribution in [-0.2, 0) is 0 Å². The molecular weight excluding hydrogens is 284 g/mol. The van der Waals surface area contributed by atoms with Crippen LogP contribution in [0.25, 0.3) is 0 Å². The Morgan fingerprint density at radius 1 is 1.62 bits per heavy atom. The summed E-state index contributed by atoms with van der Waals surface area (Å²) in [5.41, 5.74) is 5.96. The third-order valence-corrected chi connectivity index (χ3v) is 4.83. The van der Waals surface area contributed by atoms with E-state index in [1.807, 2.05) is 11.3 Å². The Morgan fingerprint density at radius 3 is 2.81 bits per heavy atom. The lowest BCUT2D eigenvalue weighted by Crippen LogP contribution is -2.35. The SMILES string of the molecule is CCCN(C1CC1)C(CN)c1cc(Br)cs1. The number of hydrogen-bond donors (Lipinski definition) is 1. The molecule has 1 heterocycles. The molecule has 90 valence electrons. The van der Waals surface area contributed by atoms with Crippen LogP contribution in [0.3, 0.4) is 0 Å². The lowest BCUT2D eigenvalue weighted by atomic mass is 10.2. The second-order valence-corrected chi connectivity index (χ2v) is 6.25. The van der Waals surface area contributed by atoms with Crippen LogP contribution in [0.4, 0.5) is 0 Å². The van der Waals surface area contributed by atoms with E-state index in [2.05, 4.69) is 39.2 Å². The summed E-state index contributed by atoms with van der Waals surface area (Å²) in [6.07, 6.45) is 3.91. The fourth-order valence-corrected chi connectivity index (χ4v) is 3.75. The highest BCUT2D eigenvalue weighted by atomic mass is 79.9. The molecule has 0 aromatic carbocycles. The zero-order chi connectivity index (χ0) is 11.5. The molecule has 1 aliphatic carbocycles. The van der Waals surface area contributed by atoms with Crippen LogP contribution in [0.5, 0.6) is 0 Å². The number of hydrogen-bond acceptors (Lipinski definition) is 3. The van der Waals surface area contributed by atoms with Crippen LogP contribution >= 0.6 is 27.3 Å². The van der Waals surface area contributed by atoms with Gasteiger partial charge < -0.3 is 5.73 Å². The molecule has 1 saturated carbocycles. The second-order valence-electron chi connectivity index (χ2n) is 4.39. The Hall–Kier alpha value is 0.1000. The Labute approximate surface area is 110 Å². The first-order chi connectivity index (χ1) is 7.76. The summed E-state index contributed by atoms with van der Waals surface area (Å²) in [6.45, 7) is 4.14. The minimum absolute atomic E-state index is 0.420. The van der Waals surface area contributed by atoms with Gasteiger partial charge in [-0.25, -0.2) is 0 Å². The van der Waals surface area contributed by atoms with Gasteiger partial charge in [0.15, 0.2) is 0 Å². The quantitative estimate of drug-likeness (QED) is 0.873. The van der Waals surface area contributed by atoms with Gasteiger partial charge in [-0.1, -0.05) is 6.92 Å². The topological polar surface area (TPSA) is 29.3 Å². The maximum atomic E-state index is 5.96. The zero-order valence-corrected chi connectivity index (χ0v) is 12.1. The van der Waals surface area contributed by atoms with Crippen LogP contribution < -0.4 is 5.73 Å². The van der Waals surface area contributed by atoms with E-state index in [0.29, 0.717) is 6.04 Å². The van der Waals surface area contributed by atoms with E-state index < -0.39 is 0 Å². The molecule has 4 heteroatoms. The zero-order valence-electron chi connectivity index (χ0n) is 9.66. The summed E-state index contributed by atoms with van der Waals surface area (Å²) in [4.78, 5) is 3.99. The molecule has 2 nitrogen and oxygen atoms in total. The Morgan fingerprint density at radius 2 is 2.38 bits per heavy atom. The molecule has 16 heavy (non-hydrogen) atoms. The highest BCUT2D eigenvalue weighted by molar-refractivity contribution is 9.10. The molecule has 0 aliphatic heterocycles. The molecule has 1 fully saturated rings. The van der Waals surface area contributed by atoms with Crippen molar-refractivity contribution < 1.29 is 0 Å². The van der Waals surface area contributed by atoms with Crippen LogP contribution in [0.1, 0.15) is 37.1 Å². The smallest absolute Gasteiger partial charge is 0.0567 e. The molecule has 2 N–H and O–H groups in total. The average Bonchev–Trinajstić information content (AvgIpc) is 3.02. The molecule has 0 spiro atoms. The highest BCUT2D eigenvalue weighted by Crippen LogP contribution is 2.36. The van der Waals surface area contributed by atoms with Gasteiger partial charge >= 0.3 is 0 Å². The summed E-state index contributed by atoms with van der Waals surface area (Å²) in [5.74, 6) is 0. The van der Waals surface area contributed by atoms with E-state index in [1.165, 1.54) is 35.2 Å². The van der Waals surface area contributed by atoms with E-state index in [-0.39, 0.29) is 0 Å². The standard InChI is InChI=1S/C12H19BrN2S/c1-2-5-15(10-3-4-10)11(7-14)12-6-9(13)8-16-12/h6,8,10-11H,2-5,7,14H2,1H3. The molecule has 0 amide bonds. The largest absolute Gasteiger partial charge is 0.329 e. The molecule has 1 aliphatic rings. The molecule has 0 radical (unpaired) electrons. The summed E-state index contributed by atoms with van der Waals surface area (Å²) in [7, 11) is 0. The van der Waals surface area contributed by atoms with E-state index in [9.17, 15) is 0 Å². The van der Waals surface area contributed by atoms with Gasteiger partial charge in [0.1, 0.15) is 0 Å². The van der Waals surface area contributed by atoms with Crippen LogP contribution in [0.2, 0.25) is 0 Å². The van der Waals surface area contributed by atoms with Gasteiger partial charge in [0, 0.05) is 27.3 Å². The number of thiophene rings is 1. The lowest BCUT2D eigenvalue weighted by molar-refractivity contribution is 0.194. The molecule has 1 atom stereocenters. The summed E-state index contributed by atoms with van der Waals surface area (Å²) in [6, 6.07) is 3.42. The monoisotopic (exact) mass is 302 g/mol. The van der Waals surface area contributed by atoms with Gasteiger partial charge in [-0.15, -0.1) is 11.3 Å². The second kappa shape index (κ2) is 5.63. The predicted octanol–water partition coefficient (Wildman–Crippen LogP) is 3.38. The molecular formula is C12H19BrN2S. The van der Waals surface area contributed by atoms with Gasteiger partial charge in [0.25, 0.3) is 0 Å². The maximum absolute atomic E-state index is 5.96. The third kappa shape index (κ3) is 2.86. The van der Waals surface area contributed by atoms with Gasteiger partial charge in [-0.05, 0) is 47.8 Å². The van der Waals surface area contributed by atoms with Crippen molar-refractivity contribution in [3.05, 3.63) is 20.8 Å². The molecule has 1 aromatic heterocycles. The minimum atomic E-state index is 0.420. The molecule has 2 rings (SSSR count). The summed E-state index contributed by atoms with van der Waals surface area (Å²) < 4.78 is 1.18.